The number of nitrogens with two attached hydrogens (primary N) is 1. The molecule has 0 aliphatic carbocycles. The first kappa shape index (κ1) is 13.5. The van der Waals surface area contributed by atoms with Gasteiger partial charge in [-0.15, -0.1) is 5.10 Å². The van der Waals surface area contributed by atoms with Gasteiger partial charge in [0, 0.05) is 29.2 Å². The highest BCUT2D eigenvalue weighted by atomic mass is 79.9. The molecule has 0 amide bonds. The van der Waals surface area contributed by atoms with Crippen molar-refractivity contribution in [2.75, 3.05) is 18.0 Å². The summed E-state index contributed by atoms with van der Waals surface area (Å²) in [7, 11) is 0. The lowest BCUT2D eigenvalue weighted by Crippen LogP contribution is -2.43. The topological polar surface area (TPSA) is 70.8 Å². The number of hydrogen-bond donors (Lipinski definition) is 2. The van der Waals surface area contributed by atoms with Crippen LogP contribution in [-0.4, -0.2) is 34.3 Å². The normalized spacial score (nSPS) is 19.4. The smallest absolute Gasteiger partial charge is 0.245 e. The Bertz CT molecular complexity index is 615. The van der Waals surface area contributed by atoms with Crippen LogP contribution in [0.2, 0.25) is 0 Å². The van der Waals surface area contributed by atoms with Crippen LogP contribution in [0.5, 0.6) is 0 Å². The van der Waals surface area contributed by atoms with Crippen molar-refractivity contribution in [3.63, 3.8) is 0 Å². The predicted octanol–water partition coefficient (Wildman–Crippen LogP) is 2.30. The molecule has 0 saturated carbocycles. The maximum Gasteiger partial charge on any atom is 0.245 e. The number of hydrogen-bond acceptors (Lipinski definition) is 4. The Morgan fingerprint density at radius 2 is 2.30 bits per heavy atom. The third kappa shape index (κ3) is 2.69. The van der Waals surface area contributed by atoms with Gasteiger partial charge in [0.1, 0.15) is 5.82 Å². The minimum atomic E-state index is -0.304. The van der Waals surface area contributed by atoms with E-state index < -0.39 is 0 Å². The van der Waals surface area contributed by atoms with Gasteiger partial charge in [0.15, 0.2) is 5.82 Å². The zero-order chi connectivity index (χ0) is 14.1. The molecule has 106 valence electrons. The second-order valence-electron chi connectivity index (χ2n) is 4.96. The summed E-state index contributed by atoms with van der Waals surface area (Å²) in [5, 5.41) is 7.07. The molecule has 3 N–H and O–H groups in total. The first-order valence-electron chi connectivity index (χ1n) is 6.52. The third-order valence-corrected chi connectivity index (χ3v) is 4.09. The molecular weight excluding hydrogens is 325 g/mol. The number of nitrogens with one attached hydrogen (secondary N) is 1. The Labute approximate surface area is 124 Å². The molecular formula is C13H15BrFN5. The first-order chi connectivity index (χ1) is 9.63. The molecule has 5 nitrogen and oxygen atoms in total. The van der Waals surface area contributed by atoms with Gasteiger partial charge < -0.3 is 10.6 Å². The van der Waals surface area contributed by atoms with Crippen LogP contribution in [0.1, 0.15) is 12.8 Å². The Hall–Kier alpha value is -1.47. The lowest BCUT2D eigenvalue weighted by atomic mass is 10.1. The van der Waals surface area contributed by atoms with Crippen molar-refractivity contribution in [2.24, 2.45) is 5.73 Å². The second-order valence-corrected chi connectivity index (χ2v) is 5.81. The van der Waals surface area contributed by atoms with Crippen molar-refractivity contribution in [3.8, 4) is 11.4 Å². The van der Waals surface area contributed by atoms with E-state index >= 15 is 0 Å². The molecule has 7 heteroatoms. The molecule has 1 saturated heterocycles. The highest BCUT2D eigenvalue weighted by molar-refractivity contribution is 9.10. The summed E-state index contributed by atoms with van der Waals surface area (Å²) in [6.45, 7) is 1.65. The second kappa shape index (κ2) is 5.49. The molecule has 3 rings (SSSR count). The minimum Gasteiger partial charge on any atom is -0.338 e. The van der Waals surface area contributed by atoms with Crippen LogP contribution in [0.15, 0.2) is 22.7 Å². The fraction of sp³-hybridized carbons (Fsp3) is 0.385. The van der Waals surface area contributed by atoms with E-state index in [9.17, 15) is 4.39 Å². The molecule has 0 bridgehead atoms. The Kier molecular flexibility index (Phi) is 3.71. The third-order valence-electron chi connectivity index (χ3n) is 3.40. The quantitative estimate of drug-likeness (QED) is 0.880. The molecule has 20 heavy (non-hydrogen) atoms. The Morgan fingerprint density at radius 3 is 3.10 bits per heavy atom. The maximum absolute atomic E-state index is 13.3. The molecule has 1 aliphatic heterocycles. The summed E-state index contributed by atoms with van der Waals surface area (Å²) in [6, 6.07) is 4.64. The van der Waals surface area contributed by atoms with E-state index in [4.69, 9.17) is 5.73 Å². The fourth-order valence-corrected chi connectivity index (χ4v) is 2.82. The van der Waals surface area contributed by atoms with Gasteiger partial charge in [-0.05, 0) is 31.0 Å². The molecule has 1 aromatic heterocycles. The Morgan fingerprint density at radius 1 is 1.45 bits per heavy atom. The summed E-state index contributed by atoms with van der Waals surface area (Å²) in [4.78, 5) is 6.50. The van der Waals surface area contributed by atoms with Gasteiger partial charge in [-0.25, -0.2) is 4.39 Å². The van der Waals surface area contributed by atoms with Crippen molar-refractivity contribution < 1.29 is 4.39 Å². The van der Waals surface area contributed by atoms with E-state index in [0.29, 0.717) is 17.3 Å². The fourth-order valence-electron chi connectivity index (χ4n) is 2.39. The van der Waals surface area contributed by atoms with Crippen LogP contribution in [0.4, 0.5) is 10.3 Å². The van der Waals surface area contributed by atoms with E-state index in [1.165, 1.54) is 12.1 Å². The van der Waals surface area contributed by atoms with Crippen molar-refractivity contribution in [2.45, 2.75) is 18.9 Å². The van der Waals surface area contributed by atoms with Gasteiger partial charge in [-0.2, -0.15) is 4.98 Å². The molecule has 2 aromatic rings. The lowest BCUT2D eigenvalue weighted by molar-refractivity contribution is 0.500. The van der Waals surface area contributed by atoms with Gasteiger partial charge in [-0.1, -0.05) is 15.9 Å². The van der Waals surface area contributed by atoms with E-state index in [-0.39, 0.29) is 11.9 Å². The van der Waals surface area contributed by atoms with Crippen LogP contribution in [0, 0.1) is 5.82 Å². The van der Waals surface area contributed by atoms with Gasteiger partial charge in [0.2, 0.25) is 5.95 Å². The van der Waals surface area contributed by atoms with E-state index in [1.54, 1.807) is 6.07 Å². The number of anilines is 1. The molecule has 1 aromatic carbocycles. The number of nitrogens with zero attached hydrogens (tertiary/aromatic N) is 3. The van der Waals surface area contributed by atoms with E-state index in [2.05, 4.69) is 36.0 Å². The number of aromatic nitrogens is 3. The van der Waals surface area contributed by atoms with Gasteiger partial charge in [0.05, 0.1) is 0 Å². The summed E-state index contributed by atoms with van der Waals surface area (Å²) in [5.41, 5.74) is 6.62. The maximum atomic E-state index is 13.3. The molecule has 0 radical (unpaired) electrons. The largest absolute Gasteiger partial charge is 0.338 e. The number of H-pyrrole nitrogens is 1. The van der Waals surface area contributed by atoms with Gasteiger partial charge in [-0.3, -0.25) is 5.10 Å². The summed E-state index contributed by atoms with van der Waals surface area (Å²) in [5.74, 6) is 0.859. The summed E-state index contributed by atoms with van der Waals surface area (Å²) in [6.07, 6.45) is 2.07. The standard InChI is InChI=1S/C13H15BrFN5/c14-11-4-3-8(15)6-10(11)12-17-13(19-18-12)20-5-1-2-9(16)7-20/h3-4,6,9H,1-2,5,7,16H2,(H,17,18,19). The highest BCUT2D eigenvalue weighted by Gasteiger charge is 2.20. The molecule has 1 fully saturated rings. The van der Waals surface area contributed by atoms with E-state index in [0.717, 1.165) is 30.4 Å². The monoisotopic (exact) mass is 339 g/mol. The molecule has 1 aliphatic rings. The van der Waals surface area contributed by atoms with Crippen molar-refractivity contribution >= 4 is 21.9 Å². The van der Waals surface area contributed by atoms with Crippen LogP contribution in [0.25, 0.3) is 11.4 Å². The highest BCUT2D eigenvalue weighted by Crippen LogP contribution is 2.27. The predicted molar refractivity (Wildman–Crippen MR) is 78.9 cm³/mol. The number of benzene rings is 1. The number of aromatic amines is 1. The van der Waals surface area contributed by atoms with Crippen molar-refractivity contribution in [1.29, 1.82) is 0 Å². The van der Waals surface area contributed by atoms with Crippen LogP contribution < -0.4 is 10.6 Å². The van der Waals surface area contributed by atoms with Gasteiger partial charge >= 0.3 is 0 Å². The van der Waals surface area contributed by atoms with Crippen molar-refractivity contribution in [3.05, 3.63) is 28.5 Å². The SMILES string of the molecule is NC1CCCN(c2n[nH]c(-c3cc(F)ccc3Br)n2)C1. The minimum absolute atomic E-state index is 0.159. The zero-order valence-electron chi connectivity index (χ0n) is 10.8. The van der Waals surface area contributed by atoms with Gasteiger partial charge in [0.25, 0.3) is 0 Å². The number of rotatable bonds is 2. The Balaban J connectivity index is 1.88. The van der Waals surface area contributed by atoms with Crippen molar-refractivity contribution in [1.82, 2.24) is 15.2 Å². The summed E-state index contributed by atoms with van der Waals surface area (Å²) < 4.78 is 14.1. The molecule has 1 unspecified atom stereocenters. The van der Waals surface area contributed by atoms with Crippen LogP contribution in [0.3, 0.4) is 0 Å². The number of halogens is 2. The van der Waals surface area contributed by atoms with Crippen LogP contribution in [-0.2, 0) is 0 Å². The van der Waals surface area contributed by atoms with Crippen LogP contribution >= 0.6 is 15.9 Å². The average Bonchev–Trinajstić information content (AvgIpc) is 2.91. The summed E-state index contributed by atoms with van der Waals surface area (Å²) >= 11 is 3.39. The average molecular weight is 340 g/mol. The lowest BCUT2D eigenvalue weighted by Gasteiger charge is -2.29. The number of piperidine rings is 1. The van der Waals surface area contributed by atoms with E-state index in [1.807, 2.05) is 0 Å². The molecule has 2 heterocycles. The molecule has 0 spiro atoms. The zero-order valence-corrected chi connectivity index (χ0v) is 12.4. The molecule has 1 atom stereocenters. The first-order valence-corrected chi connectivity index (χ1v) is 7.31.